The van der Waals surface area contributed by atoms with Gasteiger partial charge in [0.2, 0.25) is 0 Å². The third-order valence-corrected chi connectivity index (χ3v) is 3.70. The third-order valence-electron chi connectivity index (χ3n) is 3.70. The Morgan fingerprint density at radius 1 is 1.24 bits per heavy atom. The van der Waals surface area contributed by atoms with Crippen LogP contribution in [0, 0.1) is 0 Å². The molecule has 1 aromatic heterocycles. The standard InChI is InChI=1S/C17H19N3O/c1-3-15(14-6-4-5-7-17(14)21-2)19-13-8-9-16-12(10-13)11-18-20-16/h4-11,15,19H,3H2,1-2H3,(H,18,20). The lowest BCUT2D eigenvalue weighted by Gasteiger charge is -2.21. The summed E-state index contributed by atoms with van der Waals surface area (Å²) in [7, 11) is 1.71. The van der Waals surface area contributed by atoms with Gasteiger partial charge < -0.3 is 10.1 Å². The van der Waals surface area contributed by atoms with Crippen molar-refractivity contribution < 1.29 is 4.74 Å². The SMILES string of the molecule is CCC(Nc1ccc2[nH]ncc2c1)c1ccccc1OC. The van der Waals surface area contributed by atoms with Crippen molar-refractivity contribution in [2.75, 3.05) is 12.4 Å². The number of fused-ring (bicyclic) bond motifs is 1. The van der Waals surface area contributed by atoms with Gasteiger partial charge >= 0.3 is 0 Å². The molecule has 1 unspecified atom stereocenters. The molecule has 21 heavy (non-hydrogen) atoms. The van der Waals surface area contributed by atoms with Gasteiger partial charge in [0.15, 0.2) is 0 Å². The summed E-state index contributed by atoms with van der Waals surface area (Å²) in [5, 5.41) is 11.7. The molecule has 3 aromatic rings. The average Bonchev–Trinajstić information content (AvgIpc) is 3.00. The zero-order valence-electron chi connectivity index (χ0n) is 12.3. The summed E-state index contributed by atoms with van der Waals surface area (Å²) in [6.45, 7) is 2.17. The van der Waals surface area contributed by atoms with E-state index in [1.807, 2.05) is 30.5 Å². The summed E-state index contributed by atoms with van der Waals surface area (Å²) >= 11 is 0. The number of anilines is 1. The summed E-state index contributed by atoms with van der Waals surface area (Å²) in [4.78, 5) is 0. The van der Waals surface area contributed by atoms with Crippen LogP contribution in [-0.4, -0.2) is 17.3 Å². The van der Waals surface area contributed by atoms with Gasteiger partial charge in [-0.25, -0.2) is 0 Å². The van der Waals surface area contributed by atoms with Crippen LogP contribution in [0.2, 0.25) is 0 Å². The molecular formula is C17H19N3O. The lowest BCUT2D eigenvalue weighted by molar-refractivity contribution is 0.406. The molecule has 3 rings (SSSR count). The van der Waals surface area contributed by atoms with Crippen LogP contribution in [0.5, 0.6) is 5.75 Å². The Labute approximate surface area is 124 Å². The first kappa shape index (κ1) is 13.5. The molecule has 2 aromatic carbocycles. The molecule has 0 saturated heterocycles. The van der Waals surface area contributed by atoms with Crippen LogP contribution >= 0.6 is 0 Å². The van der Waals surface area contributed by atoms with Gasteiger partial charge in [-0.05, 0) is 30.7 Å². The van der Waals surface area contributed by atoms with E-state index >= 15 is 0 Å². The van der Waals surface area contributed by atoms with E-state index in [2.05, 4.69) is 40.6 Å². The van der Waals surface area contributed by atoms with Crippen LogP contribution in [0.3, 0.4) is 0 Å². The Morgan fingerprint density at radius 3 is 2.90 bits per heavy atom. The largest absolute Gasteiger partial charge is 0.496 e. The molecule has 1 atom stereocenters. The average molecular weight is 281 g/mol. The summed E-state index contributed by atoms with van der Waals surface area (Å²) in [5.41, 5.74) is 3.31. The Balaban J connectivity index is 1.89. The van der Waals surface area contributed by atoms with E-state index in [4.69, 9.17) is 4.74 Å². The Kier molecular flexibility index (Phi) is 3.77. The number of H-pyrrole nitrogens is 1. The number of para-hydroxylation sites is 1. The molecule has 0 aliphatic carbocycles. The molecule has 4 heteroatoms. The highest BCUT2D eigenvalue weighted by molar-refractivity contribution is 5.81. The minimum atomic E-state index is 0.213. The molecule has 0 aliphatic rings. The molecule has 0 fully saturated rings. The van der Waals surface area contributed by atoms with Gasteiger partial charge in [0.25, 0.3) is 0 Å². The number of ether oxygens (including phenoxy) is 1. The van der Waals surface area contributed by atoms with Crippen LogP contribution in [0.4, 0.5) is 5.69 Å². The molecule has 0 amide bonds. The molecule has 0 aliphatic heterocycles. The Bertz CT molecular complexity index is 735. The summed E-state index contributed by atoms with van der Waals surface area (Å²) in [6.07, 6.45) is 2.81. The topological polar surface area (TPSA) is 49.9 Å². The molecule has 0 radical (unpaired) electrons. The first-order chi connectivity index (χ1) is 10.3. The van der Waals surface area contributed by atoms with Crippen LogP contribution < -0.4 is 10.1 Å². The molecule has 0 bridgehead atoms. The maximum Gasteiger partial charge on any atom is 0.124 e. The Morgan fingerprint density at radius 2 is 2.10 bits per heavy atom. The predicted molar refractivity (Wildman–Crippen MR) is 85.7 cm³/mol. The van der Waals surface area contributed by atoms with Crippen LogP contribution in [0.15, 0.2) is 48.7 Å². The van der Waals surface area contributed by atoms with Crippen molar-refractivity contribution >= 4 is 16.6 Å². The number of aromatic amines is 1. The molecule has 108 valence electrons. The third kappa shape index (κ3) is 2.70. The highest BCUT2D eigenvalue weighted by Gasteiger charge is 2.14. The number of nitrogens with zero attached hydrogens (tertiary/aromatic N) is 1. The molecule has 0 saturated carbocycles. The number of methoxy groups -OCH3 is 1. The number of nitrogens with one attached hydrogen (secondary N) is 2. The van der Waals surface area contributed by atoms with Gasteiger partial charge in [0.05, 0.1) is 24.9 Å². The van der Waals surface area contributed by atoms with E-state index in [-0.39, 0.29) is 6.04 Å². The van der Waals surface area contributed by atoms with Crippen molar-refractivity contribution in [1.29, 1.82) is 0 Å². The molecule has 1 heterocycles. The van der Waals surface area contributed by atoms with Crippen molar-refractivity contribution in [3.8, 4) is 5.75 Å². The minimum Gasteiger partial charge on any atom is -0.496 e. The van der Waals surface area contributed by atoms with Crippen LogP contribution in [0.25, 0.3) is 10.9 Å². The van der Waals surface area contributed by atoms with Crippen molar-refractivity contribution in [2.24, 2.45) is 0 Å². The van der Waals surface area contributed by atoms with Gasteiger partial charge in [-0.2, -0.15) is 5.10 Å². The second-order valence-electron chi connectivity index (χ2n) is 5.02. The normalized spacial score (nSPS) is 12.3. The van der Waals surface area contributed by atoms with E-state index in [1.54, 1.807) is 7.11 Å². The second-order valence-corrected chi connectivity index (χ2v) is 5.02. The number of hydrogen-bond acceptors (Lipinski definition) is 3. The van der Waals surface area contributed by atoms with Gasteiger partial charge in [-0.3, -0.25) is 5.10 Å². The van der Waals surface area contributed by atoms with E-state index in [0.29, 0.717) is 0 Å². The van der Waals surface area contributed by atoms with Crippen molar-refractivity contribution in [1.82, 2.24) is 10.2 Å². The molecule has 4 nitrogen and oxygen atoms in total. The van der Waals surface area contributed by atoms with Crippen LogP contribution in [-0.2, 0) is 0 Å². The number of hydrogen-bond donors (Lipinski definition) is 2. The summed E-state index contributed by atoms with van der Waals surface area (Å²) < 4.78 is 5.47. The van der Waals surface area contributed by atoms with E-state index in [0.717, 1.165) is 28.8 Å². The minimum absolute atomic E-state index is 0.213. The highest BCUT2D eigenvalue weighted by atomic mass is 16.5. The van der Waals surface area contributed by atoms with E-state index < -0.39 is 0 Å². The molecule has 2 N–H and O–H groups in total. The van der Waals surface area contributed by atoms with Crippen molar-refractivity contribution in [2.45, 2.75) is 19.4 Å². The number of benzene rings is 2. The first-order valence-electron chi connectivity index (χ1n) is 7.14. The Hall–Kier alpha value is -2.49. The lowest BCUT2D eigenvalue weighted by atomic mass is 10.0. The van der Waals surface area contributed by atoms with Gasteiger partial charge in [-0.15, -0.1) is 0 Å². The first-order valence-corrected chi connectivity index (χ1v) is 7.14. The predicted octanol–water partition coefficient (Wildman–Crippen LogP) is 4.13. The van der Waals surface area contributed by atoms with Crippen molar-refractivity contribution in [3.63, 3.8) is 0 Å². The van der Waals surface area contributed by atoms with Gasteiger partial charge in [0.1, 0.15) is 5.75 Å². The maximum absolute atomic E-state index is 5.47. The second kappa shape index (κ2) is 5.87. The van der Waals surface area contributed by atoms with Crippen molar-refractivity contribution in [3.05, 3.63) is 54.2 Å². The molecular weight excluding hydrogens is 262 g/mol. The molecule has 0 spiro atoms. The number of rotatable bonds is 5. The van der Waals surface area contributed by atoms with Crippen LogP contribution in [0.1, 0.15) is 24.9 Å². The fraction of sp³-hybridized carbons (Fsp3) is 0.235. The summed E-state index contributed by atoms with van der Waals surface area (Å²) in [5.74, 6) is 0.918. The zero-order valence-corrected chi connectivity index (χ0v) is 12.3. The van der Waals surface area contributed by atoms with Gasteiger partial charge in [0, 0.05) is 16.6 Å². The number of aromatic nitrogens is 2. The lowest BCUT2D eigenvalue weighted by Crippen LogP contribution is -2.10. The van der Waals surface area contributed by atoms with Gasteiger partial charge in [-0.1, -0.05) is 25.1 Å². The fourth-order valence-electron chi connectivity index (χ4n) is 2.59. The quantitative estimate of drug-likeness (QED) is 0.739. The fourth-order valence-corrected chi connectivity index (χ4v) is 2.59. The smallest absolute Gasteiger partial charge is 0.124 e. The van der Waals surface area contributed by atoms with E-state index in [1.165, 1.54) is 5.56 Å². The zero-order chi connectivity index (χ0) is 14.7. The maximum atomic E-state index is 5.47. The highest BCUT2D eigenvalue weighted by Crippen LogP contribution is 2.30. The van der Waals surface area contributed by atoms with E-state index in [9.17, 15) is 0 Å². The summed E-state index contributed by atoms with van der Waals surface area (Å²) in [6, 6.07) is 14.6. The monoisotopic (exact) mass is 281 g/mol.